The zero-order valence-electron chi connectivity index (χ0n) is 19.7. The summed E-state index contributed by atoms with van der Waals surface area (Å²) in [5.74, 6) is 3.17. The minimum absolute atomic E-state index is 0.333. The smallest absolute Gasteiger partial charge is 0.182 e. The number of hydrogen-bond donors (Lipinski definition) is 2. The van der Waals surface area contributed by atoms with Crippen LogP contribution in [0.5, 0.6) is 0 Å². The molecule has 0 bridgehead atoms. The Balaban J connectivity index is 1.51. The van der Waals surface area contributed by atoms with Gasteiger partial charge >= 0.3 is 0 Å². The summed E-state index contributed by atoms with van der Waals surface area (Å²) in [4.78, 5) is 14.0. The predicted molar refractivity (Wildman–Crippen MR) is 128 cm³/mol. The van der Waals surface area contributed by atoms with E-state index in [0.717, 1.165) is 59.4 Å². The average molecular weight is 449 g/mol. The van der Waals surface area contributed by atoms with Crippen LogP contribution in [0, 0.1) is 6.92 Å². The lowest BCUT2D eigenvalue weighted by Crippen LogP contribution is -2.33. The minimum Gasteiger partial charge on any atom is -0.369 e. The Morgan fingerprint density at radius 3 is 2.55 bits per heavy atom. The number of rotatable bonds is 5. The number of aliphatic hydroxyl groups is 1. The number of nitrogens with zero attached hydrogens (tertiary/aromatic N) is 7. The van der Waals surface area contributed by atoms with Crippen LogP contribution >= 0.6 is 0 Å². The third-order valence-electron chi connectivity index (χ3n) is 7.05. The van der Waals surface area contributed by atoms with E-state index in [9.17, 15) is 5.11 Å². The van der Waals surface area contributed by atoms with Crippen LogP contribution in [0.4, 0.5) is 11.6 Å². The first-order chi connectivity index (χ1) is 15.9. The quantitative estimate of drug-likeness (QED) is 0.613. The molecule has 0 aromatic carbocycles. The molecule has 3 N–H and O–H groups in total. The van der Waals surface area contributed by atoms with Gasteiger partial charge in [0.1, 0.15) is 23.2 Å². The second-order valence-electron chi connectivity index (χ2n) is 9.08. The molecule has 1 fully saturated rings. The van der Waals surface area contributed by atoms with E-state index in [0.29, 0.717) is 31.0 Å². The van der Waals surface area contributed by atoms with E-state index in [-0.39, 0.29) is 0 Å². The number of fused-ring (bicyclic) bond motifs is 1. The van der Waals surface area contributed by atoms with Gasteiger partial charge in [-0.05, 0) is 58.7 Å². The minimum atomic E-state index is -0.811. The Morgan fingerprint density at radius 1 is 1.09 bits per heavy atom. The van der Waals surface area contributed by atoms with E-state index >= 15 is 0 Å². The molecule has 0 saturated carbocycles. The lowest BCUT2D eigenvalue weighted by atomic mass is 10.1. The van der Waals surface area contributed by atoms with Crippen LogP contribution in [0.3, 0.4) is 0 Å². The topological polar surface area (TPSA) is 109 Å². The molecule has 2 aliphatic heterocycles. The summed E-state index contributed by atoms with van der Waals surface area (Å²) in [6.07, 6.45) is 1.48. The molecule has 0 aliphatic carbocycles. The Labute approximate surface area is 194 Å². The molecule has 1 unspecified atom stereocenters. The number of pyridine rings is 2. The van der Waals surface area contributed by atoms with Gasteiger partial charge < -0.3 is 25.2 Å². The van der Waals surface area contributed by atoms with Gasteiger partial charge in [-0.1, -0.05) is 6.07 Å². The van der Waals surface area contributed by atoms with Crippen LogP contribution in [0.25, 0.3) is 11.5 Å². The molecule has 5 rings (SSSR count). The molecule has 9 heteroatoms. The highest BCUT2D eigenvalue weighted by molar-refractivity contribution is 5.59. The molecule has 5 heterocycles. The first-order valence-corrected chi connectivity index (χ1v) is 11.8. The molecular weight excluding hydrogens is 416 g/mol. The molecule has 0 spiro atoms. The SMILES string of the molecule is CCn1c(C)nnc1-c1cccc(N2Cc3c(cc(N4[C@H](C)CC[C@H]4C)nc3CN)C2O)n1. The highest BCUT2D eigenvalue weighted by Crippen LogP contribution is 2.40. The van der Waals surface area contributed by atoms with Crippen LogP contribution in [0.15, 0.2) is 24.3 Å². The van der Waals surface area contributed by atoms with Crippen molar-refractivity contribution in [3.05, 3.63) is 46.9 Å². The lowest BCUT2D eigenvalue weighted by Gasteiger charge is -2.28. The largest absolute Gasteiger partial charge is 0.369 e. The van der Waals surface area contributed by atoms with Gasteiger partial charge in [-0.25, -0.2) is 9.97 Å². The van der Waals surface area contributed by atoms with E-state index in [1.165, 1.54) is 0 Å². The summed E-state index contributed by atoms with van der Waals surface area (Å²) in [6.45, 7) is 10.1. The van der Waals surface area contributed by atoms with Gasteiger partial charge in [-0.2, -0.15) is 0 Å². The molecule has 174 valence electrons. The summed E-state index contributed by atoms with van der Waals surface area (Å²) in [7, 11) is 0. The standard InChI is InChI=1S/C24H32N8O/c1-5-30-16(4)28-29-23(30)19-7-6-8-21(26-19)31-13-18-17(24(31)33)11-22(27-20(18)12-25)32-14(2)9-10-15(32)3/h6-8,11,14-15,24,33H,5,9-10,12-13,25H2,1-4H3/t14-,15-,24?/m1/s1. The van der Waals surface area contributed by atoms with Crippen LogP contribution in [0.2, 0.25) is 0 Å². The summed E-state index contributed by atoms with van der Waals surface area (Å²) < 4.78 is 2.03. The normalized spacial score (nSPS) is 22.3. The van der Waals surface area contributed by atoms with Crippen molar-refractivity contribution in [2.24, 2.45) is 5.73 Å². The Hall–Kier alpha value is -3.04. The van der Waals surface area contributed by atoms with Gasteiger partial charge in [0, 0.05) is 42.8 Å². The molecule has 3 aromatic heterocycles. The van der Waals surface area contributed by atoms with Crippen molar-refractivity contribution in [2.45, 2.75) is 78.5 Å². The monoisotopic (exact) mass is 448 g/mol. The van der Waals surface area contributed by atoms with Crippen LogP contribution in [-0.2, 0) is 19.6 Å². The van der Waals surface area contributed by atoms with Crippen molar-refractivity contribution < 1.29 is 5.11 Å². The maximum Gasteiger partial charge on any atom is 0.182 e. The number of aryl methyl sites for hydroxylation is 1. The van der Waals surface area contributed by atoms with E-state index in [1.807, 2.05) is 40.7 Å². The molecule has 1 saturated heterocycles. The van der Waals surface area contributed by atoms with E-state index in [4.69, 9.17) is 15.7 Å². The summed E-state index contributed by atoms with van der Waals surface area (Å²) >= 11 is 0. The van der Waals surface area contributed by atoms with Crippen molar-refractivity contribution in [2.75, 3.05) is 9.80 Å². The predicted octanol–water partition coefficient (Wildman–Crippen LogP) is 2.91. The molecule has 2 aliphatic rings. The maximum atomic E-state index is 11.3. The van der Waals surface area contributed by atoms with Crippen molar-refractivity contribution >= 4 is 11.6 Å². The number of nitrogens with two attached hydrogens (primary N) is 1. The first-order valence-electron chi connectivity index (χ1n) is 11.8. The fourth-order valence-electron chi connectivity index (χ4n) is 5.28. The number of hydrogen-bond acceptors (Lipinski definition) is 8. The summed E-state index contributed by atoms with van der Waals surface area (Å²) in [5, 5.41) is 19.9. The fraction of sp³-hybridized carbons (Fsp3) is 0.500. The van der Waals surface area contributed by atoms with Crippen molar-refractivity contribution in [3.8, 4) is 11.5 Å². The average Bonchev–Trinajstić information content (AvgIpc) is 3.47. The molecule has 0 radical (unpaired) electrons. The van der Waals surface area contributed by atoms with Crippen LogP contribution in [0.1, 0.15) is 62.5 Å². The molecule has 33 heavy (non-hydrogen) atoms. The van der Waals surface area contributed by atoms with Crippen molar-refractivity contribution in [1.29, 1.82) is 0 Å². The van der Waals surface area contributed by atoms with Crippen LogP contribution < -0.4 is 15.5 Å². The Kier molecular flexibility index (Phi) is 5.54. The van der Waals surface area contributed by atoms with E-state index in [1.54, 1.807) is 0 Å². The van der Waals surface area contributed by atoms with Gasteiger partial charge in [0.15, 0.2) is 12.1 Å². The van der Waals surface area contributed by atoms with Gasteiger partial charge in [0.05, 0.1) is 5.69 Å². The zero-order chi connectivity index (χ0) is 23.3. The number of anilines is 2. The third kappa shape index (κ3) is 3.55. The first kappa shape index (κ1) is 21.8. The molecular formula is C24H32N8O. The Morgan fingerprint density at radius 2 is 1.85 bits per heavy atom. The fourth-order valence-corrected chi connectivity index (χ4v) is 5.28. The molecule has 0 amide bonds. The highest BCUT2D eigenvalue weighted by atomic mass is 16.3. The molecule has 3 atom stereocenters. The maximum absolute atomic E-state index is 11.3. The second kappa shape index (κ2) is 8.39. The molecule has 9 nitrogen and oxygen atoms in total. The number of aromatic nitrogens is 5. The van der Waals surface area contributed by atoms with Gasteiger partial charge in [-0.3, -0.25) is 0 Å². The van der Waals surface area contributed by atoms with Gasteiger partial charge in [0.25, 0.3) is 0 Å². The van der Waals surface area contributed by atoms with E-state index in [2.05, 4.69) is 35.9 Å². The summed E-state index contributed by atoms with van der Waals surface area (Å²) in [6, 6.07) is 8.67. The number of aliphatic hydroxyl groups excluding tert-OH is 1. The summed E-state index contributed by atoms with van der Waals surface area (Å²) in [5.41, 5.74) is 9.54. The lowest BCUT2D eigenvalue weighted by molar-refractivity contribution is 0.181. The second-order valence-corrected chi connectivity index (χ2v) is 9.08. The van der Waals surface area contributed by atoms with Crippen molar-refractivity contribution in [1.82, 2.24) is 24.7 Å². The Bertz CT molecular complexity index is 1170. The third-order valence-corrected chi connectivity index (χ3v) is 7.05. The van der Waals surface area contributed by atoms with Gasteiger partial charge in [-0.15, -0.1) is 10.2 Å². The molecule has 3 aromatic rings. The van der Waals surface area contributed by atoms with E-state index < -0.39 is 6.23 Å². The highest BCUT2D eigenvalue weighted by Gasteiger charge is 2.35. The zero-order valence-corrected chi connectivity index (χ0v) is 19.7. The van der Waals surface area contributed by atoms with Crippen LogP contribution in [-0.4, -0.2) is 41.9 Å². The van der Waals surface area contributed by atoms with Gasteiger partial charge in [0.2, 0.25) is 0 Å². The van der Waals surface area contributed by atoms with Crippen molar-refractivity contribution in [3.63, 3.8) is 0 Å².